The molecule has 2 N–H and O–H groups in total. The second-order valence-corrected chi connectivity index (χ2v) is 14.0. The molecule has 1 aliphatic rings. The van der Waals surface area contributed by atoms with E-state index in [4.69, 9.17) is 9.47 Å². The number of fused-ring (bicyclic) bond motifs is 1. The maximum absolute atomic E-state index is 13.6. The number of piperidine rings is 1. The molecular formula is C38H41N3O6S. The minimum atomic E-state index is -0.827. The maximum Gasteiger partial charge on any atom is 0.410 e. The molecule has 9 nitrogen and oxygen atoms in total. The standard InChI is InChI=1S/C38H41N3O6S/c1-38(2,3)47-37(45)41-19-17-27(18-20-41)25-46-31-14-11-28(12-15-31)35(43)40-33(22-26-8-5-4-6-9-26)36(44)39-30-13-16-34-29(23-30)24-32(48-34)10-7-21-42/h4-16,21,23-24,27,33H,17-20,22,25H2,1-3H3,(H,39,44)(H,40,43)/b10-7+. The van der Waals surface area contributed by atoms with Gasteiger partial charge in [-0.15, -0.1) is 11.3 Å². The largest absolute Gasteiger partial charge is 0.493 e. The number of rotatable bonds is 11. The van der Waals surface area contributed by atoms with Gasteiger partial charge in [0.15, 0.2) is 0 Å². The van der Waals surface area contributed by atoms with Crippen molar-refractivity contribution in [2.24, 2.45) is 5.92 Å². The summed E-state index contributed by atoms with van der Waals surface area (Å²) in [5, 5.41) is 6.83. The van der Waals surface area contributed by atoms with Crippen LogP contribution < -0.4 is 15.4 Å². The second kappa shape index (κ2) is 15.8. The van der Waals surface area contributed by atoms with Crippen LogP contribution >= 0.6 is 11.3 Å². The van der Waals surface area contributed by atoms with Gasteiger partial charge in [-0.2, -0.15) is 0 Å². The third-order valence-corrected chi connectivity index (χ3v) is 9.00. The van der Waals surface area contributed by atoms with Gasteiger partial charge in [0.1, 0.15) is 23.7 Å². The minimum absolute atomic E-state index is 0.279. The molecule has 0 saturated carbocycles. The molecule has 1 atom stereocenters. The van der Waals surface area contributed by atoms with Crippen LogP contribution in [0.2, 0.25) is 0 Å². The van der Waals surface area contributed by atoms with Crippen molar-refractivity contribution in [3.05, 3.63) is 101 Å². The zero-order valence-electron chi connectivity index (χ0n) is 27.4. The average Bonchev–Trinajstić information content (AvgIpc) is 3.48. The summed E-state index contributed by atoms with van der Waals surface area (Å²) in [6.45, 7) is 7.36. The number of carbonyl (C=O) groups is 4. The van der Waals surface area contributed by atoms with Crippen molar-refractivity contribution in [2.45, 2.75) is 51.7 Å². The first-order valence-corrected chi connectivity index (χ1v) is 16.9. The van der Waals surface area contributed by atoms with Crippen molar-refractivity contribution >= 4 is 57.4 Å². The Bertz CT molecular complexity index is 1750. The van der Waals surface area contributed by atoms with E-state index in [0.717, 1.165) is 39.7 Å². The number of allylic oxidation sites excluding steroid dienone is 1. The van der Waals surface area contributed by atoms with Crippen molar-refractivity contribution in [3.8, 4) is 5.75 Å². The average molecular weight is 668 g/mol. The first-order chi connectivity index (χ1) is 23.1. The van der Waals surface area contributed by atoms with Crippen molar-refractivity contribution in [3.63, 3.8) is 0 Å². The van der Waals surface area contributed by atoms with Gasteiger partial charge in [0, 0.05) is 40.3 Å². The van der Waals surface area contributed by atoms with Crippen LogP contribution in [0.5, 0.6) is 5.75 Å². The van der Waals surface area contributed by atoms with Gasteiger partial charge in [0.2, 0.25) is 5.91 Å². The number of aldehydes is 1. The van der Waals surface area contributed by atoms with Gasteiger partial charge in [-0.25, -0.2) is 4.79 Å². The molecule has 0 spiro atoms. The number of nitrogens with one attached hydrogen (secondary N) is 2. The van der Waals surface area contributed by atoms with E-state index < -0.39 is 11.6 Å². The number of anilines is 1. The van der Waals surface area contributed by atoms with E-state index in [1.54, 1.807) is 46.6 Å². The van der Waals surface area contributed by atoms with Gasteiger partial charge in [-0.05, 0) is 111 Å². The number of carbonyl (C=O) groups excluding carboxylic acids is 4. The second-order valence-electron chi connectivity index (χ2n) is 12.8. The van der Waals surface area contributed by atoms with E-state index in [1.165, 1.54) is 6.08 Å². The van der Waals surface area contributed by atoms with Crippen LogP contribution in [0.1, 0.15) is 54.4 Å². The molecule has 10 heteroatoms. The molecular weight excluding hydrogens is 627 g/mol. The normalized spacial score (nSPS) is 14.4. The van der Waals surface area contributed by atoms with Gasteiger partial charge < -0.3 is 25.0 Å². The summed E-state index contributed by atoms with van der Waals surface area (Å²) < 4.78 is 12.5. The SMILES string of the molecule is CC(C)(C)OC(=O)N1CCC(COc2ccc(C(=O)NC(Cc3ccccc3)C(=O)Nc3ccc4sc(/C=C/C=O)cc4c3)cc2)CC1. The zero-order chi connectivity index (χ0) is 34.1. The van der Waals surface area contributed by atoms with Gasteiger partial charge in [-0.3, -0.25) is 14.4 Å². The highest BCUT2D eigenvalue weighted by molar-refractivity contribution is 7.19. The third-order valence-electron chi connectivity index (χ3n) is 7.91. The topological polar surface area (TPSA) is 114 Å². The number of likely N-dealkylation sites (tertiary alicyclic amines) is 1. The van der Waals surface area contributed by atoms with Crippen LogP contribution in [0.15, 0.2) is 84.9 Å². The minimum Gasteiger partial charge on any atom is -0.493 e. The highest BCUT2D eigenvalue weighted by Crippen LogP contribution is 2.29. The number of benzene rings is 3. The Morgan fingerprint density at radius 2 is 1.71 bits per heavy atom. The Morgan fingerprint density at radius 1 is 0.979 bits per heavy atom. The fourth-order valence-corrected chi connectivity index (χ4v) is 6.37. The summed E-state index contributed by atoms with van der Waals surface area (Å²) in [7, 11) is 0. The lowest BCUT2D eigenvalue weighted by molar-refractivity contribution is -0.118. The Morgan fingerprint density at radius 3 is 2.40 bits per heavy atom. The van der Waals surface area contributed by atoms with Crippen LogP contribution in [-0.4, -0.2) is 60.4 Å². The monoisotopic (exact) mass is 667 g/mol. The van der Waals surface area contributed by atoms with Gasteiger partial charge in [0.25, 0.3) is 5.91 Å². The van der Waals surface area contributed by atoms with Crippen molar-refractivity contribution in [1.82, 2.24) is 10.2 Å². The maximum atomic E-state index is 13.6. The van der Waals surface area contributed by atoms with E-state index in [-0.39, 0.29) is 17.9 Å². The van der Waals surface area contributed by atoms with E-state index in [9.17, 15) is 19.2 Å². The highest BCUT2D eigenvalue weighted by atomic mass is 32.1. The summed E-state index contributed by atoms with van der Waals surface area (Å²) in [4.78, 5) is 52.6. The third kappa shape index (κ3) is 9.78. The molecule has 3 amide bonds. The van der Waals surface area contributed by atoms with Crippen LogP contribution in [0.4, 0.5) is 10.5 Å². The molecule has 1 aliphatic heterocycles. The first kappa shape index (κ1) is 34.4. The molecule has 1 aromatic heterocycles. The fraction of sp³-hybridized carbons (Fsp3) is 0.316. The zero-order valence-corrected chi connectivity index (χ0v) is 28.3. The number of ether oxygens (including phenoxy) is 2. The van der Waals surface area contributed by atoms with Gasteiger partial charge in [0.05, 0.1) is 6.61 Å². The number of amides is 3. The Kier molecular flexibility index (Phi) is 11.3. The molecule has 5 rings (SSSR count). The van der Waals surface area contributed by atoms with Crippen LogP contribution in [0.3, 0.4) is 0 Å². The number of hydrogen-bond donors (Lipinski definition) is 2. The molecule has 1 fully saturated rings. The van der Waals surface area contributed by atoms with Crippen LogP contribution in [0.25, 0.3) is 16.2 Å². The Labute approximate surface area is 284 Å². The molecule has 1 saturated heterocycles. The van der Waals surface area contributed by atoms with E-state index >= 15 is 0 Å². The summed E-state index contributed by atoms with van der Waals surface area (Å²) >= 11 is 1.55. The van der Waals surface area contributed by atoms with Crippen LogP contribution in [0, 0.1) is 5.92 Å². The molecule has 0 radical (unpaired) electrons. The first-order valence-electron chi connectivity index (χ1n) is 16.1. The summed E-state index contributed by atoms with van der Waals surface area (Å²) in [6.07, 6.45) is 5.62. The Balaban J connectivity index is 1.18. The summed E-state index contributed by atoms with van der Waals surface area (Å²) in [6, 6.07) is 23.2. The molecule has 250 valence electrons. The smallest absolute Gasteiger partial charge is 0.410 e. The molecule has 48 heavy (non-hydrogen) atoms. The molecule has 0 bridgehead atoms. The molecule has 4 aromatic rings. The lowest BCUT2D eigenvalue weighted by Gasteiger charge is -2.33. The predicted octanol–water partition coefficient (Wildman–Crippen LogP) is 7.12. The molecule has 2 heterocycles. The lowest BCUT2D eigenvalue weighted by atomic mass is 9.98. The predicted molar refractivity (Wildman–Crippen MR) is 189 cm³/mol. The van der Waals surface area contributed by atoms with Crippen molar-refractivity contribution < 1.29 is 28.7 Å². The van der Waals surface area contributed by atoms with Gasteiger partial charge in [-0.1, -0.05) is 30.3 Å². The quantitative estimate of drug-likeness (QED) is 0.130. The number of thiophene rings is 1. The molecule has 1 unspecified atom stereocenters. The fourth-order valence-electron chi connectivity index (χ4n) is 5.41. The van der Waals surface area contributed by atoms with Gasteiger partial charge >= 0.3 is 6.09 Å². The Hall–Kier alpha value is -4.96. The van der Waals surface area contributed by atoms with E-state index in [2.05, 4.69) is 10.6 Å². The number of hydrogen-bond acceptors (Lipinski definition) is 7. The van der Waals surface area contributed by atoms with Crippen molar-refractivity contribution in [1.29, 1.82) is 0 Å². The lowest BCUT2D eigenvalue weighted by Crippen LogP contribution is -2.45. The van der Waals surface area contributed by atoms with E-state index in [1.807, 2.05) is 75.4 Å². The molecule has 3 aromatic carbocycles. The van der Waals surface area contributed by atoms with E-state index in [0.29, 0.717) is 49.0 Å². The van der Waals surface area contributed by atoms with Crippen LogP contribution in [-0.2, 0) is 20.7 Å². The molecule has 0 aliphatic carbocycles. The summed E-state index contributed by atoms with van der Waals surface area (Å²) in [5.74, 6) is 0.256. The highest BCUT2D eigenvalue weighted by Gasteiger charge is 2.27. The number of nitrogens with zero attached hydrogens (tertiary/aromatic N) is 1. The summed E-state index contributed by atoms with van der Waals surface area (Å²) in [5.41, 5.74) is 1.42. The van der Waals surface area contributed by atoms with Crippen molar-refractivity contribution in [2.75, 3.05) is 25.0 Å².